The van der Waals surface area contributed by atoms with E-state index in [-0.39, 0.29) is 36.8 Å². The first-order valence-corrected chi connectivity index (χ1v) is 8.70. The van der Waals surface area contributed by atoms with Gasteiger partial charge in [0.2, 0.25) is 0 Å². The maximum atomic E-state index is 12.9. The van der Waals surface area contributed by atoms with Gasteiger partial charge in [-0.1, -0.05) is 30.3 Å². The molecule has 1 aliphatic rings. The third kappa shape index (κ3) is 4.24. The number of halogens is 2. The number of hydrogen-bond acceptors (Lipinski definition) is 4. The van der Waals surface area contributed by atoms with E-state index in [9.17, 15) is 4.79 Å². The van der Waals surface area contributed by atoms with Crippen molar-refractivity contribution >= 4 is 41.8 Å². The van der Waals surface area contributed by atoms with E-state index in [0.29, 0.717) is 12.1 Å². The molecule has 27 heavy (non-hydrogen) atoms. The van der Waals surface area contributed by atoms with Crippen molar-refractivity contribution < 1.29 is 4.79 Å². The van der Waals surface area contributed by atoms with Gasteiger partial charge >= 0.3 is 0 Å². The first kappa shape index (κ1) is 21.2. The summed E-state index contributed by atoms with van der Waals surface area (Å²) in [6.45, 7) is 4.50. The molecular weight excluding hydrogens is 385 g/mol. The molecule has 0 aliphatic carbocycles. The highest BCUT2D eigenvalue weighted by atomic mass is 35.5. The molecule has 1 saturated heterocycles. The minimum absolute atomic E-state index is 0. The molecule has 1 unspecified atom stereocenters. The van der Waals surface area contributed by atoms with Gasteiger partial charge in [0.05, 0.1) is 22.8 Å². The molecule has 144 valence electrons. The smallest absolute Gasteiger partial charge is 0.252 e. The molecule has 0 spiro atoms. The fraction of sp³-hybridized carbons (Fsp3) is 0.316. The van der Waals surface area contributed by atoms with Crippen molar-refractivity contribution in [3.63, 3.8) is 0 Å². The van der Waals surface area contributed by atoms with Crippen LogP contribution in [0.3, 0.4) is 0 Å². The third-order valence-corrected chi connectivity index (χ3v) is 4.62. The quantitative estimate of drug-likeness (QED) is 0.696. The molecule has 6 nitrogen and oxygen atoms in total. The van der Waals surface area contributed by atoms with E-state index in [1.165, 1.54) is 0 Å². The summed E-state index contributed by atoms with van der Waals surface area (Å²) in [7, 11) is 0. The van der Waals surface area contributed by atoms with Crippen molar-refractivity contribution in [2.75, 3.05) is 13.1 Å². The van der Waals surface area contributed by atoms with Gasteiger partial charge in [0.1, 0.15) is 0 Å². The maximum Gasteiger partial charge on any atom is 0.252 e. The molecule has 1 atom stereocenters. The molecule has 8 heteroatoms. The number of fused-ring (bicyclic) bond motifs is 1. The van der Waals surface area contributed by atoms with Gasteiger partial charge in [-0.25, -0.2) is 9.67 Å². The highest BCUT2D eigenvalue weighted by Gasteiger charge is 2.21. The van der Waals surface area contributed by atoms with Gasteiger partial charge in [-0.3, -0.25) is 4.79 Å². The average Bonchev–Trinajstić information content (AvgIpc) is 3.30. The molecule has 1 fully saturated rings. The van der Waals surface area contributed by atoms with Crippen LogP contribution >= 0.6 is 24.8 Å². The Hall–Kier alpha value is -2.15. The monoisotopic (exact) mass is 407 g/mol. The Kier molecular flexibility index (Phi) is 7.18. The summed E-state index contributed by atoms with van der Waals surface area (Å²) in [6.07, 6.45) is 2.70. The Morgan fingerprint density at radius 2 is 2.07 bits per heavy atom. The number of carbonyl (C=O) groups excluding carboxylic acids is 1. The van der Waals surface area contributed by atoms with Crippen LogP contribution in [0.1, 0.15) is 23.7 Å². The topological polar surface area (TPSA) is 71.8 Å². The molecule has 0 bridgehead atoms. The summed E-state index contributed by atoms with van der Waals surface area (Å²) in [6, 6.07) is 12.0. The standard InChI is InChI=1S/C19H21N5O.2ClH/c1-2-24-18-16(12-21-24)15(19(25)22-14-8-9-20-11-14)10-17(23-18)13-6-4-3-5-7-13;;/h3-7,10,12,14,20H,2,8-9,11H2,1H3,(H,22,25);2*1H. The molecule has 2 aromatic heterocycles. The van der Waals surface area contributed by atoms with Gasteiger partial charge < -0.3 is 10.6 Å². The van der Waals surface area contributed by atoms with Gasteiger partial charge in [0, 0.05) is 24.7 Å². The van der Waals surface area contributed by atoms with E-state index in [4.69, 9.17) is 4.98 Å². The summed E-state index contributed by atoms with van der Waals surface area (Å²) in [5.41, 5.74) is 3.16. The Morgan fingerprint density at radius 3 is 2.74 bits per heavy atom. The van der Waals surface area contributed by atoms with Gasteiger partial charge in [0.25, 0.3) is 5.91 Å². The minimum Gasteiger partial charge on any atom is -0.348 e. The molecule has 0 radical (unpaired) electrons. The second-order valence-electron chi connectivity index (χ2n) is 6.28. The number of nitrogens with one attached hydrogen (secondary N) is 2. The van der Waals surface area contributed by atoms with Crippen molar-refractivity contribution in [1.82, 2.24) is 25.4 Å². The molecule has 3 heterocycles. The van der Waals surface area contributed by atoms with E-state index < -0.39 is 0 Å². The van der Waals surface area contributed by atoms with Crippen LogP contribution in [-0.2, 0) is 6.54 Å². The van der Waals surface area contributed by atoms with Crippen LogP contribution in [-0.4, -0.2) is 39.8 Å². The number of nitrogens with zero attached hydrogens (tertiary/aromatic N) is 3. The molecular formula is C19H23Cl2N5O. The van der Waals surface area contributed by atoms with Crippen molar-refractivity contribution in [2.45, 2.75) is 25.9 Å². The summed E-state index contributed by atoms with van der Waals surface area (Å²) >= 11 is 0. The van der Waals surface area contributed by atoms with Gasteiger partial charge in [-0.05, 0) is 26.0 Å². The number of pyridine rings is 1. The predicted octanol–water partition coefficient (Wildman–Crippen LogP) is 3.05. The van der Waals surface area contributed by atoms with E-state index in [2.05, 4.69) is 15.7 Å². The van der Waals surface area contributed by atoms with Crippen LogP contribution in [0.5, 0.6) is 0 Å². The largest absolute Gasteiger partial charge is 0.348 e. The molecule has 1 aliphatic heterocycles. The van der Waals surface area contributed by atoms with Crippen LogP contribution < -0.4 is 10.6 Å². The SMILES string of the molecule is CCn1ncc2c(C(=O)NC3CCNC3)cc(-c3ccccc3)nc21.Cl.Cl. The highest BCUT2D eigenvalue weighted by molar-refractivity contribution is 6.06. The number of rotatable bonds is 4. The summed E-state index contributed by atoms with van der Waals surface area (Å²) in [5.74, 6) is -0.0612. The van der Waals surface area contributed by atoms with Crippen molar-refractivity contribution in [1.29, 1.82) is 0 Å². The van der Waals surface area contributed by atoms with Gasteiger partial charge in [-0.15, -0.1) is 24.8 Å². The van der Waals surface area contributed by atoms with Crippen LogP contribution in [0.2, 0.25) is 0 Å². The second-order valence-corrected chi connectivity index (χ2v) is 6.28. The Balaban J connectivity index is 0.00000131. The van der Waals surface area contributed by atoms with Crippen LogP contribution in [0.15, 0.2) is 42.6 Å². The normalized spacial score (nSPS) is 15.8. The molecule has 1 amide bonds. The van der Waals surface area contributed by atoms with Gasteiger partial charge in [0.15, 0.2) is 5.65 Å². The van der Waals surface area contributed by atoms with Crippen molar-refractivity contribution in [3.8, 4) is 11.3 Å². The average molecular weight is 408 g/mol. The zero-order valence-electron chi connectivity index (χ0n) is 15.0. The lowest BCUT2D eigenvalue weighted by Crippen LogP contribution is -2.36. The predicted molar refractivity (Wildman–Crippen MR) is 112 cm³/mol. The molecule has 1 aromatic carbocycles. The molecule has 4 rings (SSSR count). The Bertz CT molecular complexity index is 907. The lowest BCUT2D eigenvalue weighted by molar-refractivity contribution is 0.0941. The van der Waals surface area contributed by atoms with Crippen molar-refractivity contribution in [3.05, 3.63) is 48.2 Å². The van der Waals surface area contributed by atoms with E-state index in [1.54, 1.807) is 6.20 Å². The van der Waals surface area contributed by atoms with Crippen LogP contribution in [0.4, 0.5) is 0 Å². The number of amides is 1. The zero-order chi connectivity index (χ0) is 17.2. The lowest BCUT2D eigenvalue weighted by atomic mass is 10.1. The fourth-order valence-electron chi connectivity index (χ4n) is 3.26. The highest BCUT2D eigenvalue weighted by Crippen LogP contribution is 2.25. The molecule has 0 saturated carbocycles. The van der Waals surface area contributed by atoms with E-state index in [0.717, 1.165) is 41.8 Å². The first-order valence-electron chi connectivity index (χ1n) is 8.70. The number of aromatic nitrogens is 3. The van der Waals surface area contributed by atoms with Crippen molar-refractivity contribution in [2.24, 2.45) is 0 Å². The second kappa shape index (κ2) is 9.17. The van der Waals surface area contributed by atoms with E-state index >= 15 is 0 Å². The van der Waals surface area contributed by atoms with Gasteiger partial charge in [-0.2, -0.15) is 5.10 Å². The lowest BCUT2D eigenvalue weighted by Gasteiger charge is -2.13. The minimum atomic E-state index is -0.0612. The zero-order valence-corrected chi connectivity index (χ0v) is 16.6. The Morgan fingerprint density at radius 1 is 1.30 bits per heavy atom. The summed E-state index contributed by atoms with van der Waals surface area (Å²) in [4.78, 5) is 17.7. The van der Waals surface area contributed by atoms with Crippen LogP contribution in [0, 0.1) is 0 Å². The Labute approximate surface area is 170 Å². The fourth-order valence-corrected chi connectivity index (χ4v) is 3.26. The summed E-state index contributed by atoms with van der Waals surface area (Å²) < 4.78 is 1.83. The maximum absolute atomic E-state index is 12.9. The number of benzene rings is 1. The molecule has 3 aromatic rings. The number of aryl methyl sites for hydroxylation is 1. The summed E-state index contributed by atoms with van der Waals surface area (Å²) in [5, 5.41) is 11.6. The number of hydrogen-bond donors (Lipinski definition) is 2. The first-order chi connectivity index (χ1) is 12.3. The molecule has 2 N–H and O–H groups in total. The van der Waals surface area contributed by atoms with Crippen LogP contribution in [0.25, 0.3) is 22.3 Å². The number of carbonyl (C=O) groups is 1. The third-order valence-electron chi connectivity index (χ3n) is 4.62. The van der Waals surface area contributed by atoms with E-state index in [1.807, 2.05) is 48.0 Å².